The Morgan fingerprint density at radius 1 is 1.26 bits per heavy atom. The summed E-state index contributed by atoms with van der Waals surface area (Å²) in [7, 11) is -3.12. The highest BCUT2D eigenvalue weighted by atomic mass is 32.2. The van der Waals surface area contributed by atoms with Crippen molar-refractivity contribution in [3.05, 3.63) is 36.5 Å². The van der Waals surface area contributed by atoms with Crippen molar-refractivity contribution >= 4 is 27.4 Å². The zero-order valence-corrected chi connectivity index (χ0v) is 12.1. The number of nitrogens with zero attached hydrogens (tertiary/aromatic N) is 2. The van der Waals surface area contributed by atoms with Gasteiger partial charge >= 0.3 is 0 Å². The summed E-state index contributed by atoms with van der Waals surface area (Å²) in [4.78, 5) is 1.38. The Morgan fingerprint density at radius 2 is 1.95 bits per heavy atom. The van der Waals surface area contributed by atoms with E-state index in [2.05, 4.69) is 5.10 Å². The molecule has 0 fully saturated rings. The van der Waals surface area contributed by atoms with Gasteiger partial charge in [-0.25, -0.2) is 8.42 Å². The van der Waals surface area contributed by atoms with Crippen molar-refractivity contribution in [2.24, 2.45) is 0 Å². The number of sulfone groups is 1. The zero-order chi connectivity index (χ0) is 13.9. The van der Waals surface area contributed by atoms with Crippen molar-refractivity contribution in [2.75, 3.05) is 17.7 Å². The number of hydrogen-bond donors (Lipinski definition) is 1. The third-order valence-electron chi connectivity index (χ3n) is 2.50. The summed E-state index contributed by atoms with van der Waals surface area (Å²) in [5.74, 6) is 1.36. The van der Waals surface area contributed by atoms with E-state index in [0.29, 0.717) is 10.7 Å². The maximum absolute atomic E-state index is 11.3. The van der Waals surface area contributed by atoms with Crippen molar-refractivity contribution in [3.8, 4) is 0 Å². The van der Waals surface area contributed by atoms with Crippen LogP contribution in [0.5, 0.6) is 0 Å². The minimum absolute atomic E-state index is 0.344. The highest BCUT2D eigenvalue weighted by molar-refractivity contribution is 7.99. The lowest BCUT2D eigenvalue weighted by Crippen LogP contribution is -2.01. The van der Waals surface area contributed by atoms with Gasteiger partial charge < -0.3 is 5.73 Å². The second-order valence-electron chi connectivity index (χ2n) is 4.10. The van der Waals surface area contributed by atoms with Gasteiger partial charge in [-0.05, 0) is 30.3 Å². The minimum Gasteiger partial charge on any atom is -0.382 e. The van der Waals surface area contributed by atoms with Crippen molar-refractivity contribution in [1.82, 2.24) is 9.78 Å². The van der Waals surface area contributed by atoms with Crippen LogP contribution in [0.1, 0.15) is 0 Å². The van der Waals surface area contributed by atoms with E-state index in [9.17, 15) is 8.42 Å². The quantitative estimate of drug-likeness (QED) is 0.849. The Balaban J connectivity index is 1.90. The van der Waals surface area contributed by atoms with Crippen LogP contribution in [0.25, 0.3) is 0 Å². The number of anilines is 1. The fraction of sp³-hybridized carbons (Fsp3) is 0.250. The highest BCUT2D eigenvalue weighted by Gasteiger charge is 2.06. The van der Waals surface area contributed by atoms with Crippen molar-refractivity contribution < 1.29 is 8.42 Å². The molecule has 0 saturated carbocycles. The first kappa shape index (κ1) is 14.0. The van der Waals surface area contributed by atoms with Crippen LogP contribution in [0.4, 0.5) is 5.82 Å². The third kappa shape index (κ3) is 4.00. The summed E-state index contributed by atoms with van der Waals surface area (Å²) in [6.07, 6.45) is 3.04. The van der Waals surface area contributed by atoms with E-state index in [1.54, 1.807) is 34.6 Å². The molecule has 0 unspecified atom stereocenters. The van der Waals surface area contributed by atoms with Crippen molar-refractivity contribution in [1.29, 1.82) is 0 Å². The van der Waals surface area contributed by atoms with Crippen molar-refractivity contribution in [2.45, 2.75) is 16.3 Å². The van der Waals surface area contributed by atoms with Gasteiger partial charge in [-0.3, -0.25) is 4.68 Å². The van der Waals surface area contributed by atoms with Gasteiger partial charge in [0, 0.05) is 23.1 Å². The smallest absolute Gasteiger partial charge is 0.175 e. The molecule has 1 aromatic carbocycles. The van der Waals surface area contributed by atoms with Crippen LogP contribution < -0.4 is 5.73 Å². The summed E-state index contributed by atoms with van der Waals surface area (Å²) in [6.45, 7) is 0.760. The number of benzene rings is 1. The fourth-order valence-electron chi connectivity index (χ4n) is 1.54. The Labute approximate surface area is 116 Å². The Bertz CT molecular complexity index is 648. The molecule has 0 aliphatic carbocycles. The normalized spacial score (nSPS) is 11.6. The number of rotatable bonds is 5. The Morgan fingerprint density at radius 3 is 2.47 bits per heavy atom. The molecular formula is C12H15N3O2S2. The zero-order valence-electron chi connectivity index (χ0n) is 10.5. The molecule has 0 aliphatic rings. The molecule has 1 aromatic heterocycles. The highest BCUT2D eigenvalue weighted by Crippen LogP contribution is 2.20. The first-order valence-electron chi connectivity index (χ1n) is 5.67. The molecule has 0 amide bonds. The molecule has 102 valence electrons. The topological polar surface area (TPSA) is 78.0 Å². The van der Waals surface area contributed by atoms with Gasteiger partial charge in [0.05, 0.1) is 11.4 Å². The predicted molar refractivity (Wildman–Crippen MR) is 76.9 cm³/mol. The van der Waals surface area contributed by atoms with E-state index in [1.165, 1.54) is 6.26 Å². The SMILES string of the molecule is CS(=O)(=O)c1ccc(SCCn2ccc(N)n2)cc1. The minimum atomic E-state index is -3.12. The second-order valence-corrected chi connectivity index (χ2v) is 7.28. The number of aromatic nitrogens is 2. The average Bonchev–Trinajstić information content (AvgIpc) is 2.75. The maximum Gasteiger partial charge on any atom is 0.175 e. The molecule has 0 atom stereocenters. The molecule has 2 aromatic rings. The molecule has 0 bridgehead atoms. The first-order valence-corrected chi connectivity index (χ1v) is 8.55. The Hall–Kier alpha value is -1.47. The Kier molecular flexibility index (Phi) is 4.16. The van der Waals surface area contributed by atoms with E-state index in [-0.39, 0.29) is 0 Å². The van der Waals surface area contributed by atoms with Crippen LogP contribution in [0.3, 0.4) is 0 Å². The van der Waals surface area contributed by atoms with Crippen LogP contribution in [0.15, 0.2) is 46.3 Å². The monoisotopic (exact) mass is 297 g/mol. The number of aryl methyl sites for hydroxylation is 1. The van der Waals surface area contributed by atoms with Gasteiger partial charge in [0.25, 0.3) is 0 Å². The van der Waals surface area contributed by atoms with Crippen molar-refractivity contribution in [3.63, 3.8) is 0 Å². The average molecular weight is 297 g/mol. The van der Waals surface area contributed by atoms with E-state index >= 15 is 0 Å². The predicted octanol–water partition coefficient (Wildman–Crippen LogP) is 1.66. The van der Waals surface area contributed by atoms with E-state index in [4.69, 9.17) is 5.73 Å². The van der Waals surface area contributed by atoms with E-state index in [1.807, 2.05) is 18.3 Å². The van der Waals surface area contributed by atoms with Gasteiger partial charge in [0.1, 0.15) is 5.82 Å². The number of thioether (sulfide) groups is 1. The van der Waals surface area contributed by atoms with Gasteiger partial charge in [-0.1, -0.05) is 0 Å². The molecular weight excluding hydrogens is 282 g/mol. The number of nitrogen functional groups attached to an aromatic ring is 1. The third-order valence-corrected chi connectivity index (χ3v) is 4.62. The molecule has 2 N–H and O–H groups in total. The molecule has 1 heterocycles. The first-order chi connectivity index (χ1) is 8.95. The van der Waals surface area contributed by atoms with Crippen LogP contribution in [0, 0.1) is 0 Å². The largest absolute Gasteiger partial charge is 0.382 e. The number of nitrogens with two attached hydrogens (primary N) is 1. The maximum atomic E-state index is 11.3. The summed E-state index contributed by atoms with van der Waals surface area (Å²) in [5, 5.41) is 4.09. The lowest BCUT2D eigenvalue weighted by Gasteiger charge is -2.03. The summed E-state index contributed by atoms with van der Waals surface area (Å²) in [6, 6.07) is 8.65. The van der Waals surface area contributed by atoms with Crippen LogP contribution >= 0.6 is 11.8 Å². The summed E-state index contributed by atoms with van der Waals surface area (Å²) in [5.41, 5.74) is 5.52. The molecule has 0 aliphatic heterocycles. The van der Waals surface area contributed by atoms with Gasteiger partial charge in [-0.15, -0.1) is 11.8 Å². The standard InChI is InChI=1S/C12H15N3O2S2/c1-19(16,17)11-4-2-10(3-5-11)18-9-8-15-7-6-12(13)14-15/h2-7H,8-9H2,1H3,(H2,13,14). The van der Waals surface area contributed by atoms with Gasteiger partial charge in [-0.2, -0.15) is 5.10 Å². The molecule has 2 rings (SSSR count). The van der Waals surface area contributed by atoms with Gasteiger partial charge in [0.15, 0.2) is 9.84 Å². The van der Waals surface area contributed by atoms with Crippen LogP contribution in [-0.2, 0) is 16.4 Å². The fourth-order valence-corrected chi connectivity index (χ4v) is 3.02. The molecule has 0 spiro atoms. The summed E-state index contributed by atoms with van der Waals surface area (Å²) >= 11 is 1.65. The van der Waals surface area contributed by atoms with E-state index in [0.717, 1.165) is 17.2 Å². The lowest BCUT2D eigenvalue weighted by molar-refractivity contribution is 0.602. The van der Waals surface area contributed by atoms with E-state index < -0.39 is 9.84 Å². The molecule has 0 saturated heterocycles. The van der Waals surface area contributed by atoms with Crippen LogP contribution in [-0.4, -0.2) is 30.2 Å². The van der Waals surface area contributed by atoms with Gasteiger partial charge in [0.2, 0.25) is 0 Å². The molecule has 0 radical (unpaired) electrons. The van der Waals surface area contributed by atoms with Crippen LogP contribution in [0.2, 0.25) is 0 Å². The molecule has 19 heavy (non-hydrogen) atoms. The molecule has 5 nitrogen and oxygen atoms in total. The second kappa shape index (κ2) is 5.66. The molecule has 7 heteroatoms. The number of hydrogen-bond acceptors (Lipinski definition) is 5. The lowest BCUT2D eigenvalue weighted by atomic mass is 10.4. The summed E-state index contributed by atoms with van der Waals surface area (Å²) < 4.78 is 24.4.